The van der Waals surface area contributed by atoms with E-state index in [-0.39, 0.29) is 6.61 Å². The molecule has 2 amide bonds. The van der Waals surface area contributed by atoms with Crippen molar-refractivity contribution in [2.24, 2.45) is 5.10 Å². The first kappa shape index (κ1) is 15.1. The molecule has 0 aliphatic carbocycles. The molecule has 0 bridgehead atoms. The minimum Gasteiger partial charge on any atom is -0.479 e. The van der Waals surface area contributed by atoms with Crippen molar-refractivity contribution in [2.75, 3.05) is 11.9 Å². The number of nitrogens with zero attached hydrogens (tertiary/aromatic N) is 2. The van der Waals surface area contributed by atoms with E-state index in [1.54, 1.807) is 36.4 Å². The molecule has 2 rings (SSSR count). The number of ether oxygens (including phenoxy) is 1. The molecule has 0 unspecified atom stereocenters. The molecule has 6 heteroatoms. The molecule has 2 aromatic rings. The topological polar surface area (TPSA) is 86.5 Å². The Balaban J connectivity index is 1.82. The fraction of sp³-hybridized carbons (Fsp3) is 0.0625. The molecule has 6 nitrogen and oxygen atoms in total. The fourth-order valence-electron chi connectivity index (χ4n) is 1.61. The van der Waals surface area contributed by atoms with E-state index < -0.39 is 6.03 Å². The molecule has 22 heavy (non-hydrogen) atoms. The first-order chi connectivity index (χ1) is 10.8. The lowest BCUT2D eigenvalue weighted by atomic mass is 10.2. The molecular weight excluding hydrogens is 280 g/mol. The van der Waals surface area contributed by atoms with Crippen LogP contribution in [0.15, 0.2) is 59.7 Å². The van der Waals surface area contributed by atoms with Gasteiger partial charge in [-0.05, 0) is 42.0 Å². The lowest BCUT2D eigenvalue weighted by Gasteiger charge is -2.03. The number of para-hydroxylation sites is 1. The summed E-state index contributed by atoms with van der Waals surface area (Å²) in [5, 5.41) is 14.9. The summed E-state index contributed by atoms with van der Waals surface area (Å²) in [6.45, 7) is 0.00858. The average molecular weight is 294 g/mol. The number of urea groups is 1. The van der Waals surface area contributed by atoms with Crippen LogP contribution >= 0.6 is 0 Å². The zero-order valence-electron chi connectivity index (χ0n) is 11.7. The number of amides is 2. The molecule has 110 valence electrons. The summed E-state index contributed by atoms with van der Waals surface area (Å²) in [5.41, 5.74) is 3.86. The number of hydrogen-bond acceptors (Lipinski definition) is 4. The van der Waals surface area contributed by atoms with Crippen LogP contribution in [0.5, 0.6) is 5.75 Å². The number of benzene rings is 2. The highest BCUT2D eigenvalue weighted by Gasteiger charge is 1.98. The van der Waals surface area contributed by atoms with Crippen molar-refractivity contribution in [3.8, 4) is 11.8 Å². The first-order valence-electron chi connectivity index (χ1n) is 6.53. The summed E-state index contributed by atoms with van der Waals surface area (Å²) >= 11 is 0. The maximum Gasteiger partial charge on any atom is 0.339 e. The van der Waals surface area contributed by atoms with Crippen LogP contribution in [-0.4, -0.2) is 18.9 Å². The van der Waals surface area contributed by atoms with E-state index in [0.29, 0.717) is 11.4 Å². The number of nitriles is 1. The molecular formula is C16H14N4O2. The van der Waals surface area contributed by atoms with Crippen LogP contribution in [0.3, 0.4) is 0 Å². The summed E-state index contributed by atoms with van der Waals surface area (Å²) in [5.74, 6) is 0.605. The number of anilines is 1. The number of nitrogens with one attached hydrogen (secondary N) is 2. The molecule has 0 saturated carbocycles. The maximum absolute atomic E-state index is 11.6. The van der Waals surface area contributed by atoms with Gasteiger partial charge in [-0.1, -0.05) is 18.2 Å². The molecule has 0 spiro atoms. The van der Waals surface area contributed by atoms with Crippen LogP contribution in [0.2, 0.25) is 0 Å². The van der Waals surface area contributed by atoms with Gasteiger partial charge in [-0.3, -0.25) is 0 Å². The SMILES string of the molecule is N#CCOc1ccc(/C=N\NC(=O)Nc2ccccc2)cc1. The summed E-state index contributed by atoms with van der Waals surface area (Å²) in [7, 11) is 0. The molecule has 0 heterocycles. The Hall–Kier alpha value is -3.33. The van der Waals surface area contributed by atoms with E-state index in [0.717, 1.165) is 5.56 Å². The van der Waals surface area contributed by atoms with Gasteiger partial charge in [0.2, 0.25) is 0 Å². The summed E-state index contributed by atoms with van der Waals surface area (Å²) in [6.07, 6.45) is 1.51. The van der Waals surface area contributed by atoms with Crippen LogP contribution in [0.1, 0.15) is 5.56 Å². The molecule has 0 atom stereocenters. The van der Waals surface area contributed by atoms with Gasteiger partial charge in [-0.2, -0.15) is 10.4 Å². The van der Waals surface area contributed by atoms with Gasteiger partial charge in [0.25, 0.3) is 0 Å². The predicted octanol–water partition coefficient (Wildman–Crippen LogP) is 2.74. The Morgan fingerprint density at radius 1 is 1.18 bits per heavy atom. The third kappa shape index (κ3) is 4.98. The minimum atomic E-state index is -0.420. The summed E-state index contributed by atoms with van der Waals surface area (Å²) < 4.78 is 5.13. The van der Waals surface area contributed by atoms with Gasteiger partial charge in [0.05, 0.1) is 6.21 Å². The maximum atomic E-state index is 11.6. The van der Waals surface area contributed by atoms with Crippen LogP contribution < -0.4 is 15.5 Å². The molecule has 2 aromatic carbocycles. The quantitative estimate of drug-likeness (QED) is 0.656. The zero-order chi connectivity index (χ0) is 15.6. The Bertz CT molecular complexity index is 676. The van der Waals surface area contributed by atoms with Crippen molar-refractivity contribution in [1.82, 2.24) is 5.43 Å². The van der Waals surface area contributed by atoms with E-state index in [9.17, 15) is 4.79 Å². The van der Waals surface area contributed by atoms with Gasteiger partial charge < -0.3 is 10.1 Å². The fourth-order valence-corrected chi connectivity index (χ4v) is 1.61. The summed E-state index contributed by atoms with van der Waals surface area (Å²) in [6, 6.07) is 17.6. The Morgan fingerprint density at radius 2 is 1.91 bits per heavy atom. The van der Waals surface area contributed by atoms with Crippen LogP contribution in [0, 0.1) is 11.3 Å². The lowest BCUT2D eigenvalue weighted by molar-refractivity contribution is 0.252. The van der Waals surface area contributed by atoms with Crippen molar-refractivity contribution in [2.45, 2.75) is 0 Å². The molecule has 0 aliphatic heterocycles. The standard InChI is InChI=1S/C16H14N4O2/c17-10-11-22-15-8-6-13(7-9-15)12-18-20-16(21)19-14-4-2-1-3-5-14/h1-9,12H,11H2,(H2,19,20,21)/b18-12-. The molecule has 0 aromatic heterocycles. The van der Waals surface area contributed by atoms with Crippen molar-refractivity contribution < 1.29 is 9.53 Å². The van der Waals surface area contributed by atoms with Crippen LogP contribution in [0.25, 0.3) is 0 Å². The molecule has 0 fully saturated rings. The van der Waals surface area contributed by atoms with E-state index in [1.165, 1.54) is 6.21 Å². The number of hydrazone groups is 1. The minimum absolute atomic E-state index is 0.00858. The number of rotatable bonds is 5. The molecule has 0 radical (unpaired) electrons. The second kappa shape index (κ2) is 8.07. The third-order valence-corrected chi connectivity index (χ3v) is 2.59. The number of carbonyl (C=O) groups excluding carboxylic acids is 1. The van der Waals surface area contributed by atoms with Crippen molar-refractivity contribution in [3.05, 3.63) is 60.2 Å². The van der Waals surface area contributed by atoms with E-state index in [4.69, 9.17) is 10.00 Å². The highest BCUT2D eigenvalue weighted by molar-refractivity contribution is 5.90. The van der Waals surface area contributed by atoms with Gasteiger partial charge in [-0.15, -0.1) is 0 Å². The Morgan fingerprint density at radius 3 is 2.59 bits per heavy atom. The van der Waals surface area contributed by atoms with Gasteiger partial charge in [0.1, 0.15) is 11.8 Å². The third-order valence-electron chi connectivity index (χ3n) is 2.59. The molecule has 2 N–H and O–H groups in total. The van der Waals surface area contributed by atoms with Gasteiger partial charge in [0, 0.05) is 5.69 Å². The van der Waals surface area contributed by atoms with Crippen molar-refractivity contribution in [1.29, 1.82) is 5.26 Å². The molecule has 0 saturated heterocycles. The average Bonchev–Trinajstić information content (AvgIpc) is 2.55. The van der Waals surface area contributed by atoms with Crippen molar-refractivity contribution >= 4 is 17.9 Å². The van der Waals surface area contributed by atoms with E-state index in [2.05, 4.69) is 15.8 Å². The smallest absolute Gasteiger partial charge is 0.339 e. The molecule has 0 aliphatic rings. The lowest BCUT2D eigenvalue weighted by Crippen LogP contribution is -2.24. The van der Waals surface area contributed by atoms with E-state index >= 15 is 0 Å². The largest absolute Gasteiger partial charge is 0.479 e. The van der Waals surface area contributed by atoms with Crippen molar-refractivity contribution in [3.63, 3.8) is 0 Å². The van der Waals surface area contributed by atoms with Crippen LogP contribution in [0.4, 0.5) is 10.5 Å². The second-order valence-electron chi connectivity index (χ2n) is 4.21. The second-order valence-corrected chi connectivity index (χ2v) is 4.21. The predicted molar refractivity (Wildman–Crippen MR) is 83.7 cm³/mol. The normalized spacial score (nSPS) is 9.95. The highest BCUT2D eigenvalue weighted by atomic mass is 16.5. The summed E-state index contributed by atoms with van der Waals surface area (Å²) in [4.78, 5) is 11.6. The van der Waals surface area contributed by atoms with E-state index in [1.807, 2.05) is 24.3 Å². The Kier molecular flexibility index (Phi) is 5.53. The van der Waals surface area contributed by atoms with Gasteiger partial charge in [0.15, 0.2) is 6.61 Å². The van der Waals surface area contributed by atoms with Gasteiger partial charge in [-0.25, -0.2) is 10.2 Å². The monoisotopic (exact) mass is 294 g/mol. The Labute approximate surface area is 128 Å². The zero-order valence-corrected chi connectivity index (χ0v) is 11.7. The van der Waals surface area contributed by atoms with Crippen LogP contribution in [-0.2, 0) is 0 Å². The highest BCUT2D eigenvalue weighted by Crippen LogP contribution is 2.10. The number of carbonyl (C=O) groups is 1. The number of hydrogen-bond donors (Lipinski definition) is 2. The van der Waals surface area contributed by atoms with Gasteiger partial charge >= 0.3 is 6.03 Å². The first-order valence-corrected chi connectivity index (χ1v) is 6.53.